The summed E-state index contributed by atoms with van der Waals surface area (Å²) in [5.41, 5.74) is 0. The topological polar surface area (TPSA) is 29.1 Å². The molecule has 0 radical (unpaired) electrons. The number of carbonyl (C=O) groups excluding carboxylic acids is 1. The highest BCUT2D eigenvalue weighted by atomic mass is 35.5. The van der Waals surface area contributed by atoms with Crippen molar-refractivity contribution in [1.29, 1.82) is 0 Å². The van der Waals surface area contributed by atoms with Crippen molar-refractivity contribution in [3.63, 3.8) is 0 Å². The van der Waals surface area contributed by atoms with E-state index in [0.717, 1.165) is 0 Å². The van der Waals surface area contributed by atoms with Crippen LogP contribution in [0.1, 0.15) is 19.8 Å². The average Bonchev–Trinajstić information content (AvgIpc) is 2.10. The van der Waals surface area contributed by atoms with Crippen LogP contribution in [0.15, 0.2) is 0 Å². The third-order valence-corrected chi connectivity index (χ3v) is 2.39. The Morgan fingerprint density at radius 1 is 1.17 bits per heavy atom. The van der Waals surface area contributed by atoms with Gasteiger partial charge >= 0.3 is 12.4 Å². The second-order valence-corrected chi connectivity index (χ2v) is 4.26. The lowest BCUT2D eigenvalue weighted by Crippen LogP contribution is -2.48. The number of nitrogens with one attached hydrogen (secondary N) is 1. The van der Waals surface area contributed by atoms with Crippen LogP contribution < -0.4 is 5.32 Å². The molecule has 0 aliphatic carbocycles. The minimum atomic E-state index is -5.67. The highest BCUT2D eigenvalue weighted by molar-refractivity contribution is 6.20. The number of halogens is 7. The molecule has 0 heterocycles. The number of hydrogen-bond acceptors (Lipinski definition) is 1. The molecule has 0 aromatic rings. The van der Waals surface area contributed by atoms with E-state index in [-0.39, 0.29) is 0 Å². The monoisotopic (exact) mass is 299 g/mol. The Kier molecular flexibility index (Phi) is 6.25. The molecule has 0 aromatic heterocycles. The number of alkyl halides is 7. The molecule has 1 amide bonds. The number of hydrogen-bond donors (Lipinski definition) is 1. The van der Waals surface area contributed by atoms with Gasteiger partial charge < -0.3 is 5.32 Å². The summed E-state index contributed by atoms with van der Waals surface area (Å²) in [5, 5.41) is 0.876. The van der Waals surface area contributed by atoms with E-state index in [1.807, 2.05) is 0 Å². The van der Waals surface area contributed by atoms with Crippen molar-refractivity contribution in [2.75, 3.05) is 6.54 Å². The van der Waals surface area contributed by atoms with Crippen molar-refractivity contribution < 1.29 is 31.1 Å². The fourth-order valence-electron chi connectivity index (χ4n) is 1.21. The fraction of sp³-hybridized carbons (Fsp3) is 0.889. The standard InChI is InChI=1S/C9H12ClF6NO/c1-2-3-5(10)4-17-7(18)6(8(11,12)13)9(14,15)16/h5-6H,2-4H2,1H3,(H,17,18). The van der Waals surface area contributed by atoms with E-state index in [1.54, 1.807) is 12.2 Å². The van der Waals surface area contributed by atoms with Gasteiger partial charge in [-0.1, -0.05) is 13.3 Å². The minimum absolute atomic E-state index is 0.380. The third kappa shape index (κ3) is 5.79. The molecule has 0 aliphatic rings. The molecular weight excluding hydrogens is 288 g/mol. The molecule has 9 heteroatoms. The molecule has 0 aromatic carbocycles. The Morgan fingerprint density at radius 2 is 1.61 bits per heavy atom. The molecule has 108 valence electrons. The molecule has 0 bridgehead atoms. The number of carbonyl (C=O) groups is 1. The van der Waals surface area contributed by atoms with Crippen molar-refractivity contribution in [2.24, 2.45) is 5.92 Å². The van der Waals surface area contributed by atoms with Crippen molar-refractivity contribution in [2.45, 2.75) is 37.5 Å². The van der Waals surface area contributed by atoms with Gasteiger partial charge in [-0.2, -0.15) is 26.3 Å². The molecule has 0 aliphatic heterocycles. The summed E-state index contributed by atoms with van der Waals surface area (Å²) < 4.78 is 72.8. The maximum Gasteiger partial charge on any atom is 0.409 e. The van der Waals surface area contributed by atoms with Crippen LogP contribution in [0.5, 0.6) is 0 Å². The van der Waals surface area contributed by atoms with Gasteiger partial charge in [-0.05, 0) is 6.42 Å². The van der Waals surface area contributed by atoms with Crippen molar-refractivity contribution in [1.82, 2.24) is 5.32 Å². The van der Waals surface area contributed by atoms with Crippen LogP contribution in [-0.4, -0.2) is 30.2 Å². The molecule has 0 saturated carbocycles. The maximum atomic E-state index is 12.1. The lowest BCUT2D eigenvalue weighted by atomic mass is 10.1. The molecule has 18 heavy (non-hydrogen) atoms. The molecule has 1 unspecified atom stereocenters. The van der Waals surface area contributed by atoms with Gasteiger partial charge in [-0.15, -0.1) is 11.6 Å². The van der Waals surface area contributed by atoms with Gasteiger partial charge in [0.25, 0.3) is 0 Å². The first-order valence-corrected chi connectivity index (χ1v) is 5.49. The molecule has 0 saturated heterocycles. The first kappa shape index (κ1) is 17.3. The van der Waals surface area contributed by atoms with Crippen molar-refractivity contribution >= 4 is 17.5 Å². The SMILES string of the molecule is CCCC(Cl)CNC(=O)C(C(F)(F)F)C(F)(F)F. The third-order valence-electron chi connectivity index (χ3n) is 2.02. The molecule has 0 fully saturated rings. The van der Waals surface area contributed by atoms with Gasteiger partial charge in [0.1, 0.15) is 0 Å². The van der Waals surface area contributed by atoms with Crippen LogP contribution >= 0.6 is 11.6 Å². The summed E-state index contributed by atoms with van der Waals surface area (Å²) in [6.45, 7) is 1.31. The maximum absolute atomic E-state index is 12.1. The first-order valence-electron chi connectivity index (χ1n) is 5.05. The van der Waals surface area contributed by atoms with Crippen LogP contribution in [0.2, 0.25) is 0 Å². The van der Waals surface area contributed by atoms with E-state index in [1.165, 1.54) is 0 Å². The summed E-state index contributed by atoms with van der Waals surface area (Å²) in [5.74, 6) is -6.15. The lowest BCUT2D eigenvalue weighted by Gasteiger charge is -2.22. The van der Waals surface area contributed by atoms with E-state index in [0.29, 0.717) is 12.8 Å². The Labute approximate surface area is 105 Å². The van der Waals surface area contributed by atoms with Crippen LogP contribution in [0, 0.1) is 5.92 Å². The zero-order valence-electron chi connectivity index (χ0n) is 9.33. The van der Waals surface area contributed by atoms with E-state index in [2.05, 4.69) is 0 Å². The van der Waals surface area contributed by atoms with Gasteiger partial charge in [0.2, 0.25) is 11.8 Å². The van der Waals surface area contributed by atoms with E-state index in [4.69, 9.17) is 11.6 Å². The van der Waals surface area contributed by atoms with E-state index >= 15 is 0 Å². The predicted molar refractivity (Wildman–Crippen MR) is 53.2 cm³/mol. The number of rotatable bonds is 5. The molecule has 1 atom stereocenters. The van der Waals surface area contributed by atoms with Crippen LogP contribution in [0.25, 0.3) is 0 Å². The van der Waals surface area contributed by atoms with E-state index in [9.17, 15) is 31.1 Å². The summed E-state index contributed by atoms with van der Waals surface area (Å²) >= 11 is 5.58. The highest BCUT2D eigenvalue weighted by Gasteiger charge is 2.61. The summed E-state index contributed by atoms with van der Waals surface area (Å²) in [6.07, 6.45) is -10.4. The van der Waals surface area contributed by atoms with Crippen molar-refractivity contribution in [3.8, 4) is 0 Å². The van der Waals surface area contributed by atoms with Gasteiger partial charge in [-0.25, -0.2) is 0 Å². The minimum Gasteiger partial charge on any atom is -0.354 e. The van der Waals surface area contributed by atoms with Crippen LogP contribution in [0.3, 0.4) is 0 Å². The summed E-state index contributed by atoms with van der Waals surface area (Å²) in [4.78, 5) is 10.9. The Balaban J connectivity index is 4.61. The summed E-state index contributed by atoms with van der Waals surface area (Å²) in [7, 11) is 0. The molecule has 0 rings (SSSR count). The van der Waals surface area contributed by atoms with Crippen molar-refractivity contribution in [3.05, 3.63) is 0 Å². The summed E-state index contributed by atoms with van der Waals surface area (Å²) in [6, 6.07) is 0. The van der Waals surface area contributed by atoms with Gasteiger partial charge in [0.15, 0.2) is 0 Å². The van der Waals surface area contributed by atoms with Crippen LogP contribution in [0.4, 0.5) is 26.3 Å². The van der Waals surface area contributed by atoms with Crippen LogP contribution in [-0.2, 0) is 4.79 Å². The zero-order chi connectivity index (χ0) is 14.6. The smallest absolute Gasteiger partial charge is 0.354 e. The molecular formula is C9H12ClF6NO. The van der Waals surface area contributed by atoms with Gasteiger partial charge in [0.05, 0.1) is 5.38 Å². The Hall–Kier alpha value is -0.660. The Bertz CT molecular complexity index is 263. The molecule has 2 nitrogen and oxygen atoms in total. The molecule has 0 spiro atoms. The zero-order valence-corrected chi connectivity index (χ0v) is 10.1. The average molecular weight is 300 g/mol. The predicted octanol–water partition coefficient (Wildman–Crippen LogP) is 3.25. The van der Waals surface area contributed by atoms with Gasteiger partial charge in [0, 0.05) is 6.54 Å². The van der Waals surface area contributed by atoms with E-state index < -0.39 is 36.1 Å². The highest BCUT2D eigenvalue weighted by Crippen LogP contribution is 2.39. The normalized spacial score (nSPS) is 14.7. The second-order valence-electron chi connectivity index (χ2n) is 3.65. The largest absolute Gasteiger partial charge is 0.409 e. The fourth-order valence-corrected chi connectivity index (χ4v) is 1.51. The van der Waals surface area contributed by atoms with Gasteiger partial charge in [-0.3, -0.25) is 4.79 Å². The lowest BCUT2D eigenvalue weighted by molar-refractivity contribution is -0.274. The second kappa shape index (κ2) is 6.49. The Morgan fingerprint density at radius 3 is 1.94 bits per heavy atom. The number of amides is 1. The first-order chi connectivity index (χ1) is 8.00. The quantitative estimate of drug-likeness (QED) is 0.613. The molecule has 1 N–H and O–H groups in total.